The number of nitrogens with zero attached hydrogens (tertiary/aromatic N) is 2. The van der Waals surface area contributed by atoms with E-state index >= 15 is 0 Å². The van der Waals surface area contributed by atoms with Crippen molar-refractivity contribution in [3.05, 3.63) is 47.5 Å². The van der Waals surface area contributed by atoms with Gasteiger partial charge in [-0.05, 0) is 37.9 Å². The lowest BCUT2D eigenvalue weighted by Gasteiger charge is -2.30. The number of carbonyl (C=O) groups excluding carboxylic acids is 1. The molecule has 23 heavy (non-hydrogen) atoms. The van der Waals surface area contributed by atoms with Crippen LogP contribution in [-0.2, 0) is 0 Å². The number of nitrogens with one attached hydrogen (secondary N) is 2. The van der Waals surface area contributed by atoms with E-state index in [1.807, 2.05) is 0 Å². The molecule has 5 nitrogen and oxygen atoms in total. The van der Waals surface area contributed by atoms with E-state index in [4.69, 9.17) is 0 Å². The molecule has 1 fully saturated rings. The SMILES string of the molecule is Cc1c(C(=O)NC2CNCCC2C)cnn1-c1ccccc1F. The Kier molecular flexibility index (Phi) is 4.43. The van der Waals surface area contributed by atoms with Crippen molar-refractivity contribution in [2.45, 2.75) is 26.3 Å². The Hall–Kier alpha value is -2.21. The maximum absolute atomic E-state index is 13.9. The Balaban J connectivity index is 1.81. The fourth-order valence-electron chi connectivity index (χ4n) is 2.93. The van der Waals surface area contributed by atoms with Crippen molar-refractivity contribution in [3.8, 4) is 5.69 Å². The van der Waals surface area contributed by atoms with Gasteiger partial charge in [-0.15, -0.1) is 0 Å². The highest BCUT2D eigenvalue weighted by molar-refractivity contribution is 5.95. The standard InChI is InChI=1S/C17H21FN4O/c1-11-7-8-19-10-15(11)21-17(23)13-9-20-22(12(13)2)16-6-4-3-5-14(16)18/h3-6,9,11,15,19H,7-8,10H2,1-2H3,(H,21,23). The first kappa shape index (κ1) is 15.7. The molecule has 1 aromatic carbocycles. The van der Waals surface area contributed by atoms with Crippen LogP contribution in [0.15, 0.2) is 30.5 Å². The second-order valence-corrected chi connectivity index (χ2v) is 6.06. The molecule has 2 aromatic rings. The van der Waals surface area contributed by atoms with E-state index < -0.39 is 0 Å². The fourth-order valence-corrected chi connectivity index (χ4v) is 2.93. The van der Waals surface area contributed by atoms with Crippen LogP contribution in [0.25, 0.3) is 5.69 Å². The van der Waals surface area contributed by atoms with Crippen molar-refractivity contribution >= 4 is 5.91 Å². The summed E-state index contributed by atoms with van der Waals surface area (Å²) in [5.74, 6) is -0.0940. The van der Waals surface area contributed by atoms with E-state index in [0.29, 0.717) is 22.9 Å². The highest BCUT2D eigenvalue weighted by Gasteiger charge is 2.25. The largest absolute Gasteiger partial charge is 0.348 e. The van der Waals surface area contributed by atoms with Gasteiger partial charge in [0, 0.05) is 12.6 Å². The average molecular weight is 316 g/mol. The molecule has 0 radical (unpaired) electrons. The average Bonchev–Trinajstić information content (AvgIpc) is 2.92. The van der Waals surface area contributed by atoms with E-state index in [-0.39, 0.29) is 17.8 Å². The van der Waals surface area contributed by atoms with Crippen molar-refractivity contribution < 1.29 is 9.18 Å². The van der Waals surface area contributed by atoms with Gasteiger partial charge in [0.05, 0.1) is 17.5 Å². The topological polar surface area (TPSA) is 59.0 Å². The number of halogens is 1. The lowest BCUT2D eigenvalue weighted by molar-refractivity contribution is 0.0914. The van der Waals surface area contributed by atoms with Crippen LogP contribution in [0.1, 0.15) is 29.4 Å². The number of hydrogen-bond donors (Lipinski definition) is 2. The monoisotopic (exact) mass is 316 g/mol. The van der Waals surface area contributed by atoms with Gasteiger partial charge in [-0.3, -0.25) is 4.79 Å². The zero-order chi connectivity index (χ0) is 16.4. The third kappa shape index (κ3) is 3.12. The third-order valence-electron chi connectivity index (χ3n) is 4.48. The maximum Gasteiger partial charge on any atom is 0.255 e. The lowest BCUT2D eigenvalue weighted by atomic mass is 9.94. The zero-order valence-electron chi connectivity index (χ0n) is 13.3. The predicted octanol–water partition coefficient (Wildman–Crippen LogP) is 2.05. The molecule has 1 aliphatic heterocycles. The van der Waals surface area contributed by atoms with E-state index in [0.717, 1.165) is 19.5 Å². The molecule has 2 unspecified atom stereocenters. The van der Waals surface area contributed by atoms with E-state index in [9.17, 15) is 9.18 Å². The molecule has 122 valence electrons. The molecule has 1 amide bonds. The zero-order valence-corrected chi connectivity index (χ0v) is 13.3. The summed E-state index contributed by atoms with van der Waals surface area (Å²) in [5, 5.41) is 10.5. The molecule has 6 heteroatoms. The van der Waals surface area contributed by atoms with Gasteiger partial charge in [0.25, 0.3) is 5.91 Å². The van der Waals surface area contributed by atoms with Crippen LogP contribution in [0, 0.1) is 18.7 Å². The van der Waals surface area contributed by atoms with E-state index in [1.165, 1.54) is 16.9 Å². The summed E-state index contributed by atoms with van der Waals surface area (Å²) in [4.78, 5) is 12.5. The quantitative estimate of drug-likeness (QED) is 0.911. The maximum atomic E-state index is 13.9. The van der Waals surface area contributed by atoms with Crippen LogP contribution in [0.3, 0.4) is 0 Å². The molecule has 2 heterocycles. The van der Waals surface area contributed by atoms with Crippen LogP contribution in [0.2, 0.25) is 0 Å². The Bertz CT molecular complexity index is 712. The number of para-hydroxylation sites is 1. The number of benzene rings is 1. The molecule has 0 saturated carbocycles. The minimum absolute atomic E-state index is 0.104. The molecule has 2 atom stereocenters. The molecule has 1 saturated heterocycles. The Morgan fingerprint density at radius 1 is 1.43 bits per heavy atom. The van der Waals surface area contributed by atoms with Crippen molar-refractivity contribution in [2.75, 3.05) is 13.1 Å². The summed E-state index contributed by atoms with van der Waals surface area (Å²) in [7, 11) is 0. The number of piperidine rings is 1. The Morgan fingerprint density at radius 2 is 2.22 bits per heavy atom. The molecule has 1 aliphatic rings. The van der Waals surface area contributed by atoms with Crippen molar-refractivity contribution in [3.63, 3.8) is 0 Å². The summed E-state index contributed by atoms with van der Waals surface area (Å²) < 4.78 is 15.4. The van der Waals surface area contributed by atoms with Gasteiger partial charge in [0.2, 0.25) is 0 Å². The summed E-state index contributed by atoms with van der Waals surface area (Å²) in [6.45, 7) is 5.67. The second kappa shape index (κ2) is 6.50. The summed E-state index contributed by atoms with van der Waals surface area (Å²) in [6, 6.07) is 6.50. The van der Waals surface area contributed by atoms with Crippen LogP contribution < -0.4 is 10.6 Å². The summed E-state index contributed by atoms with van der Waals surface area (Å²) >= 11 is 0. The number of carbonyl (C=O) groups is 1. The highest BCUT2D eigenvalue weighted by atomic mass is 19.1. The van der Waals surface area contributed by atoms with Crippen LogP contribution in [0.5, 0.6) is 0 Å². The van der Waals surface area contributed by atoms with E-state index in [2.05, 4.69) is 22.7 Å². The van der Waals surface area contributed by atoms with Crippen molar-refractivity contribution in [1.82, 2.24) is 20.4 Å². The highest BCUT2D eigenvalue weighted by Crippen LogP contribution is 2.18. The van der Waals surface area contributed by atoms with Gasteiger partial charge in [-0.1, -0.05) is 19.1 Å². The lowest BCUT2D eigenvalue weighted by Crippen LogP contribution is -2.50. The van der Waals surface area contributed by atoms with Crippen LogP contribution in [-0.4, -0.2) is 34.8 Å². The summed E-state index contributed by atoms with van der Waals surface area (Å²) in [5.41, 5.74) is 1.45. The normalized spacial score (nSPS) is 21.2. The number of aromatic nitrogens is 2. The minimum Gasteiger partial charge on any atom is -0.348 e. The first-order valence-electron chi connectivity index (χ1n) is 7.89. The predicted molar refractivity (Wildman–Crippen MR) is 86.2 cm³/mol. The first-order valence-corrected chi connectivity index (χ1v) is 7.89. The van der Waals surface area contributed by atoms with Gasteiger partial charge < -0.3 is 10.6 Å². The molecule has 0 spiro atoms. The second-order valence-electron chi connectivity index (χ2n) is 6.06. The van der Waals surface area contributed by atoms with Crippen LogP contribution >= 0.6 is 0 Å². The fraction of sp³-hybridized carbons (Fsp3) is 0.412. The molecule has 0 bridgehead atoms. The van der Waals surface area contributed by atoms with Gasteiger partial charge in [0.15, 0.2) is 0 Å². The Morgan fingerprint density at radius 3 is 2.96 bits per heavy atom. The Labute approximate surface area is 134 Å². The minimum atomic E-state index is -0.365. The van der Waals surface area contributed by atoms with E-state index in [1.54, 1.807) is 25.1 Å². The van der Waals surface area contributed by atoms with Crippen molar-refractivity contribution in [1.29, 1.82) is 0 Å². The molecule has 3 rings (SSSR count). The molecule has 0 aliphatic carbocycles. The van der Waals surface area contributed by atoms with Gasteiger partial charge >= 0.3 is 0 Å². The van der Waals surface area contributed by atoms with Crippen LogP contribution in [0.4, 0.5) is 4.39 Å². The number of amides is 1. The molecule has 1 aromatic heterocycles. The van der Waals surface area contributed by atoms with Gasteiger partial charge in [0.1, 0.15) is 11.5 Å². The molecular formula is C17H21FN4O. The smallest absolute Gasteiger partial charge is 0.255 e. The molecular weight excluding hydrogens is 295 g/mol. The van der Waals surface area contributed by atoms with Gasteiger partial charge in [-0.2, -0.15) is 5.10 Å². The number of rotatable bonds is 3. The summed E-state index contributed by atoms with van der Waals surface area (Å²) in [6.07, 6.45) is 2.54. The third-order valence-corrected chi connectivity index (χ3v) is 4.48. The first-order chi connectivity index (χ1) is 11.1. The van der Waals surface area contributed by atoms with Gasteiger partial charge in [-0.25, -0.2) is 9.07 Å². The number of hydrogen-bond acceptors (Lipinski definition) is 3. The molecule has 2 N–H and O–H groups in total. The van der Waals surface area contributed by atoms with Crippen molar-refractivity contribution in [2.24, 2.45) is 5.92 Å².